The zero-order chi connectivity index (χ0) is 30.5. The molecule has 3 heterocycles. The zero-order valence-electron chi connectivity index (χ0n) is 24.2. The maximum absolute atomic E-state index is 14.3. The third-order valence-corrected chi connectivity index (χ3v) is 7.63. The molecule has 6 rings (SSSR count). The molecule has 1 aliphatic rings. The van der Waals surface area contributed by atoms with Gasteiger partial charge in [0, 0.05) is 49.2 Å². The van der Waals surface area contributed by atoms with E-state index in [0.717, 1.165) is 16.1 Å². The number of hydrazine groups is 1. The van der Waals surface area contributed by atoms with Gasteiger partial charge >= 0.3 is 6.09 Å². The summed E-state index contributed by atoms with van der Waals surface area (Å²) in [6.07, 6.45) is 0.762. The quantitative estimate of drug-likeness (QED) is 0.265. The van der Waals surface area contributed by atoms with Gasteiger partial charge in [0.25, 0.3) is 11.8 Å². The molecule has 2 aromatic heterocycles. The van der Waals surface area contributed by atoms with Gasteiger partial charge in [0.1, 0.15) is 0 Å². The van der Waals surface area contributed by atoms with Crippen LogP contribution in [-0.4, -0.2) is 66.0 Å². The maximum Gasteiger partial charge on any atom is 0.433 e. The third kappa shape index (κ3) is 5.88. The lowest BCUT2D eigenvalue weighted by Gasteiger charge is -2.35. The summed E-state index contributed by atoms with van der Waals surface area (Å²) in [6.45, 7) is 2.59. The molecule has 44 heavy (non-hydrogen) atoms. The number of pyridine rings is 1. The molecule has 0 unspecified atom stereocenters. The van der Waals surface area contributed by atoms with Gasteiger partial charge in [0.2, 0.25) is 0 Å². The number of furan rings is 1. The molecule has 222 valence electrons. The second kappa shape index (κ2) is 12.8. The largest absolute Gasteiger partial charge is 0.459 e. The van der Waals surface area contributed by atoms with E-state index in [-0.39, 0.29) is 5.91 Å². The smallest absolute Gasteiger partial charge is 0.433 e. The fraction of sp³-hybridized carbons (Fsp3) is 0.176. The first-order chi connectivity index (χ1) is 21.5. The standard InChI is InChI=1S/C34H31N5O5/c1-43-34(42)39(25-13-6-3-7-14-25)36-32(40)30-26-15-8-9-16-28(26)35-31(24-11-4-2-5-12-24)27(30)23-37-18-20-38(21-19-37)33(41)29-17-10-22-44-29/h2-17,22H,18-21,23H2,1H3,(H,36,40). The minimum atomic E-state index is -0.731. The fourth-order valence-electron chi connectivity index (χ4n) is 5.43. The minimum absolute atomic E-state index is 0.143. The van der Waals surface area contributed by atoms with Gasteiger partial charge in [-0.05, 0) is 30.3 Å². The number of carbonyl (C=O) groups is 3. The van der Waals surface area contributed by atoms with Gasteiger partial charge in [0.15, 0.2) is 5.76 Å². The molecular weight excluding hydrogens is 558 g/mol. The van der Waals surface area contributed by atoms with Crippen molar-refractivity contribution in [2.75, 3.05) is 38.3 Å². The second-order valence-corrected chi connectivity index (χ2v) is 10.3. The first kappa shape index (κ1) is 28.6. The van der Waals surface area contributed by atoms with Crippen LogP contribution in [0, 0.1) is 0 Å². The summed E-state index contributed by atoms with van der Waals surface area (Å²) in [6, 6.07) is 29.4. The molecule has 0 spiro atoms. The van der Waals surface area contributed by atoms with Crippen LogP contribution in [-0.2, 0) is 11.3 Å². The SMILES string of the molecule is COC(=O)N(NC(=O)c1c(CN2CCN(C(=O)c3ccco3)CC2)c(-c2ccccc2)nc2ccccc12)c1ccccc1. The molecule has 1 aliphatic heterocycles. The molecule has 3 aromatic carbocycles. The van der Waals surface area contributed by atoms with E-state index in [0.29, 0.717) is 66.3 Å². The van der Waals surface area contributed by atoms with E-state index in [1.54, 1.807) is 41.3 Å². The van der Waals surface area contributed by atoms with Crippen LogP contribution in [0.4, 0.5) is 10.5 Å². The number of rotatable bonds is 6. The Morgan fingerprint density at radius 2 is 1.55 bits per heavy atom. The highest BCUT2D eigenvalue weighted by atomic mass is 16.5. The molecule has 10 nitrogen and oxygen atoms in total. The Morgan fingerprint density at radius 1 is 0.864 bits per heavy atom. The number of hydrogen-bond acceptors (Lipinski definition) is 7. The summed E-state index contributed by atoms with van der Waals surface area (Å²) < 4.78 is 10.3. The number of ether oxygens (including phenoxy) is 1. The molecule has 1 N–H and O–H groups in total. The molecule has 0 radical (unpaired) electrons. The van der Waals surface area contributed by atoms with Crippen molar-refractivity contribution in [2.45, 2.75) is 6.54 Å². The molecule has 10 heteroatoms. The van der Waals surface area contributed by atoms with Crippen molar-refractivity contribution >= 4 is 34.5 Å². The number of aromatic nitrogens is 1. The molecule has 0 atom stereocenters. The van der Waals surface area contributed by atoms with Crippen LogP contribution < -0.4 is 10.4 Å². The molecule has 0 bridgehead atoms. The zero-order valence-corrected chi connectivity index (χ0v) is 24.2. The first-order valence-corrected chi connectivity index (χ1v) is 14.3. The van der Waals surface area contributed by atoms with Gasteiger partial charge in [0.05, 0.1) is 35.8 Å². The number of nitrogens with zero attached hydrogens (tertiary/aromatic N) is 4. The summed E-state index contributed by atoms with van der Waals surface area (Å²) >= 11 is 0. The number of anilines is 1. The number of hydrogen-bond donors (Lipinski definition) is 1. The van der Waals surface area contributed by atoms with Crippen LogP contribution in [0.2, 0.25) is 0 Å². The van der Waals surface area contributed by atoms with E-state index >= 15 is 0 Å². The summed E-state index contributed by atoms with van der Waals surface area (Å²) in [5.74, 6) is -0.302. The molecule has 3 amide bonds. The number of piperazine rings is 1. The van der Waals surface area contributed by atoms with Crippen molar-refractivity contribution in [1.29, 1.82) is 0 Å². The maximum atomic E-state index is 14.3. The highest BCUT2D eigenvalue weighted by Gasteiger charge is 2.29. The number of para-hydroxylation sites is 2. The third-order valence-electron chi connectivity index (χ3n) is 7.63. The van der Waals surface area contributed by atoms with Crippen molar-refractivity contribution in [3.05, 3.63) is 120 Å². The van der Waals surface area contributed by atoms with E-state index < -0.39 is 12.0 Å². The average Bonchev–Trinajstić information content (AvgIpc) is 3.62. The Hall–Kier alpha value is -5.48. The number of fused-ring (bicyclic) bond motifs is 1. The average molecular weight is 590 g/mol. The van der Waals surface area contributed by atoms with Crippen molar-refractivity contribution < 1.29 is 23.5 Å². The van der Waals surface area contributed by atoms with Gasteiger partial charge in [-0.2, -0.15) is 5.01 Å². The normalized spacial score (nSPS) is 13.4. The van der Waals surface area contributed by atoms with Crippen molar-refractivity contribution in [2.24, 2.45) is 0 Å². The molecule has 1 fully saturated rings. The Labute approximate surface area is 254 Å². The fourth-order valence-corrected chi connectivity index (χ4v) is 5.43. The van der Waals surface area contributed by atoms with Crippen molar-refractivity contribution in [3.8, 4) is 11.3 Å². The number of benzene rings is 3. The van der Waals surface area contributed by atoms with Gasteiger partial charge in [-0.15, -0.1) is 0 Å². The lowest BCUT2D eigenvalue weighted by molar-refractivity contribution is 0.0597. The van der Waals surface area contributed by atoms with Gasteiger partial charge in [-0.25, -0.2) is 9.78 Å². The summed E-state index contributed by atoms with van der Waals surface area (Å²) in [7, 11) is 1.27. The molecular formula is C34H31N5O5. The molecule has 0 aliphatic carbocycles. The predicted octanol–water partition coefficient (Wildman–Crippen LogP) is 5.37. The lowest BCUT2D eigenvalue weighted by atomic mass is 9.95. The summed E-state index contributed by atoms with van der Waals surface area (Å²) in [5.41, 5.74) is 6.57. The number of methoxy groups -OCH3 is 1. The van der Waals surface area contributed by atoms with Crippen LogP contribution >= 0.6 is 0 Å². The summed E-state index contributed by atoms with van der Waals surface area (Å²) in [4.78, 5) is 49.0. The number of nitrogens with one attached hydrogen (secondary N) is 1. The van der Waals surface area contributed by atoms with Crippen LogP contribution in [0.15, 0.2) is 108 Å². The van der Waals surface area contributed by atoms with Crippen LogP contribution in [0.3, 0.4) is 0 Å². The number of carbonyl (C=O) groups excluding carboxylic acids is 3. The lowest BCUT2D eigenvalue weighted by Crippen LogP contribution is -2.49. The van der Waals surface area contributed by atoms with E-state index in [1.807, 2.05) is 60.7 Å². The predicted molar refractivity (Wildman–Crippen MR) is 166 cm³/mol. The van der Waals surface area contributed by atoms with Gasteiger partial charge < -0.3 is 14.1 Å². The van der Waals surface area contributed by atoms with Crippen LogP contribution in [0.25, 0.3) is 22.2 Å². The summed E-state index contributed by atoms with van der Waals surface area (Å²) in [5, 5.41) is 1.76. The van der Waals surface area contributed by atoms with E-state index in [9.17, 15) is 14.4 Å². The topological polar surface area (TPSA) is 108 Å². The van der Waals surface area contributed by atoms with E-state index in [2.05, 4.69) is 10.3 Å². The Kier molecular flexibility index (Phi) is 8.33. The highest BCUT2D eigenvalue weighted by Crippen LogP contribution is 2.32. The van der Waals surface area contributed by atoms with E-state index in [1.165, 1.54) is 13.4 Å². The van der Waals surface area contributed by atoms with Crippen LogP contribution in [0.1, 0.15) is 26.5 Å². The van der Waals surface area contributed by atoms with Gasteiger partial charge in [-0.3, -0.25) is 19.9 Å². The van der Waals surface area contributed by atoms with Gasteiger partial charge in [-0.1, -0.05) is 66.7 Å². The second-order valence-electron chi connectivity index (χ2n) is 10.3. The Morgan fingerprint density at radius 3 is 2.23 bits per heavy atom. The van der Waals surface area contributed by atoms with Crippen LogP contribution in [0.5, 0.6) is 0 Å². The molecule has 5 aromatic rings. The number of amides is 3. The monoisotopic (exact) mass is 589 g/mol. The van der Waals surface area contributed by atoms with Crippen molar-refractivity contribution in [3.63, 3.8) is 0 Å². The minimum Gasteiger partial charge on any atom is -0.459 e. The Balaban J connectivity index is 1.39. The van der Waals surface area contributed by atoms with E-state index in [4.69, 9.17) is 14.1 Å². The Bertz CT molecular complexity index is 1770. The molecule has 1 saturated heterocycles. The highest BCUT2D eigenvalue weighted by molar-refractivity contribution is 6.10. The molecule has 0 saturated carbocycles. The first-order valence-electron chi connectivity index (χ1n) is 14.3. The van der Waals surface area contributed by atoms with Crippen molar-refractivity contribution in [1.82, 2.24) is 20.2 Å².